The number of carboxylic acids is 1. The van der Waals surface area contributed by atoms with Crippen molar-refractivity contribution < 1.29 is 27.8 Å². The summed E-state index contributed by atoms with van der Waals surface area (Å²) in [6, 6.07) is 4.76. The molecule has 3 nitrogen and oxygen atoms in total. The summed E-state index contributed by atoms with van der Waals surface area (Å²) in [7, 11) is 0. The van der Waals surface area contributed by atoms with Crippen molar-refractivity contribution in [2.24, 2.45) is 5.92 Å². The fraction of sp³-hybridized carbons (Fsp3) is 0.500. The van der Waals surface area contributed by atoms with Crippen LogP contribution in [0.25, 0.3) is 0 Å². The Morgan fingerprint density at radius 2 is 1.85 bits per heavy atom. The van der Waals surface area contributed by atoms with E-state index >= 15 is 0 Å². The molecule has 0 radical (unpaired) electrons. The second-order valence-electron chi connectivity index (χ2n) is 4.96. The summed E-state index contributed by atoms with van der Waals surface area (Å²) in [5.41, 5.74) is -0.741. The van der Waals surface area contributed by atoms with Crippen molar-refractivity contribution >= 4 is 5.97 Å². The van der Waals surface area contributed by atoms with E-state index in [0.29, 0.717) is 25.7 Å². The Morgan fingerprint density at radius 3 is 2.40 bits per heavy atom. The quantitative estimate of drug-likeness (QED) is 0.922. The maximum Gasteiger partial charge on any atom is 0.416 e. The number of carbonyl (C=O) groups is 1. The predicted molar refractivity (Wildman–Crippen MR) is 65.5 cm³/mol. The van der Waals surface area contributed by atoms with Gasteiger partial charge >= 0.3 is 12.1 Å². The van der Waals surface area contributed by atoms with Crippen LogP contribution in [0.2, 0.25) is 0 Å². The molecule has 0 aliphatic heterocycles. The van der Waals surface area contributed by atoms with Gasteiger partial charge in [0.2, 0.25) is 0 Å². The molecule has 1 aliphatic carbocycles. The van der Waals surface area contributed by atoms with E-state index in [1.54, 1.807) is 0 Å². The van der Waals surface area contributed by atoms with Crippen LogP contribution in [0.1, 0.15) is 31.2 Å². The van der Waals surface area contributed by atoms with Gasteiger partial charge in [-0.1, -0.05) is 6.07 Å². The van der Waals surface area contributed by atoms with Crippen molar-refractivity contribution in [2.75, 3.05) is 0 Å². The van der Waals surface area contributed by atoms with Crippen LogP contribution in [-0.2, 0) is 11.0 Å². The Labute approximate surface area is 114 Å². The third-order valence-corrected chi connectivity index (χ3v) is 3.49. The molecule has 0 bridgehead atoms. The topological polar surface area (TPSA) is 46.5 Å². The molecule has 2 rings (SSSR count). The molecule has 1 aromatic carbocycles. The molecule has 0 aromatic heterocycles. The number of carboxylic acid groups (broad SMARTS) is 1. The zero-order valence-electron chi connectivity index (χ0n) is 10.7. The van der Waals surface area contributed by atoms with Gasteiger partial charge in [-0.15, -0.1) is 0 Å². The third kappa shape index (κ3) is 3.65. The minimum Gasteiger partial charge on any atom is -0.490 e. The van der Waals surface area contributed by atoms with Gasteiger partial charge in [0, 0.05) is 0 Å². The van der Waals surface area contributed by atoms with Gasteiger partial charge in [0.15, 0.2) is 0 Å². The zero-order chi connectivity index (χ0) is 14.8. The summed E-state index contributed by atoms with van der Waals surface area (Å²) >= 11 is 0. The van der Waals surface area contributed by atoms with Gasteiger partial charge in [0.25, 0.3) is 0 Å². The van der Waals surface area contributed by atoms with Crippen molar-refractivity contribution in [3.63, 3.8) is 0 Å². The number of ether oxygens (including phenoxy) is 1. The van der Waals surface area contributed by atoms with Crippen molar-refractivity contribution in [3.05, 3.63) is 29.8 Å². The smallest absolute Gasteiger partial charge is 0.416 e. The predicted octanol–water partition coefficient (Wildman–Crippen LogP) is 3.73. The lowest BCUT2D eigenvalue weighted by molar-refractivity contribution is -0.143. The molecule has 6 heteroatoms. The van der Waals surface area contributed by atoms with E-state index in [1.165, 1.54) is 12.1 Å². The molecule has 1 aliphatic rings. The number of alkyl halides is 3. The fourth-order valence-electron chi connectivity index (χ4n) is 2.37. The van der Waals surface area contributed by atoms with Crippen LogP contribution < -0.4 is 4.74 Å². The highest BCUT2D eigenvalue weighted by Gasteiger charge is 2.31. The molecule has 0 heterocycles. The summed E-state index contributed by atoms with van der Waals surface area (Å²) in [6.07, 6.45) is -2.51. The van der Waals surface area contributed by atoms with Crippen LogP contribution in [0.4, 0.5) is 13.2 Å². The van der Waals surface area contributed by atoms with Gasteiger partial charge in [0.05, 0.1) is 17.6 Å². The standard InChI is InChI=1S/C14H15F3O3/c15-14(16,17)10-2-1-3-12(8-10)20-11-6-4-9(5-7-11)13(18)19/h1-3,8-9,11H,4-7H2,(H,18,19)/t9-,11-. The highest BCUT2D eigenvalue weighted by Crippen LogP contribution is 2.33. The van der Waals surface area contributed by atoms with Crippen LogP contribution in [0, 0.1) is 5.92 Å². The van der Waals surface area contributed by atoms with E-state index < -0.39 is 17.7 Å². The highest BCUT2D eigenvalue weighted by atomic mass is 19.4. The van der Waals surface area contributed by atoms with E-state index in [4.69, 9.17) is 9.84 Å². The molecular weight excluding hydrogens is 273 g/mol. The van der Waals surface area contributed by atoms with Crippen molar-refractivity contribution in [2.45, 2.75) is 38.0 Å². The van der Waals surface area contributed by atoms with E-state index in [2.05, 4.69) is 0 Å². The maximum atomic E-state index is 12.6. The molecule has 0 amide bonds. The summed E-state index contributed by atoms with van der Waals surface area (Å²) in [4.78, 5) is 10.8. The van der Waals surface area contributed by atoms with Gasteiger partial charge in [-0.3, -0.25) is 4.79 Å². The van der Waals surface area contributed by atoms with Crippen LogP contribution >= 0.6 is 0 Å². The Balaban J connectivity index is 1.96. The van der Waals surface area contributed by atoms with Crippen molar-refractivity contribution in [1.29, 1.82) is 0 Å². The lowest BCUT2D eigenvalue weighted by Crippen LogP contribution is -2.27. The number of hydrogen-bond donors (Lipinski definition) is 1. The zero-order valence-corrected chi connectivity index (χ0v) is 10.7. The first-order chi connectivity index (χ1) is 9.36. The SMILES string of the molecule is O=C(O)[C@H]1CC[C@H](Oc2cccc(C(F)(F)F)c2)CC1. The van der Waals surface area contributed by atoms with Crippen LogP contribution in [0.15, 0.2) is 24.3 Å². The molecule has 0 atom stereocenters. The molecule has 1 fully saturated rings. The molecule has 20 heavy (non-hydrogen) atoms. The maximum absolute atomic E-state index is 12.6. The molecular formula is C14H15F3O3. The Morgan fingerprint density at radius 1 is 1.20 bits per heavy atom. The summed E-state index contributed by atoms with van der Waals surface area (Å²) in [5, 5.41) is 8.87. The first kappa shape index (κ1) is 14.7. The monoisotopic (exact) mass is 288 g/mol. The second-order valence-corrected chi connectivity index (χ2v) is 4.96. The molecule has 1 aromatic rings. The minimum atomic E-state index is -4.39. The Bertz CT molecular complexity index is 477. The van der Waals surface area contributed by atoms with E-state index in [-0.39, 0.29) is 17.8 Å². The minimum absolute atomic E-state index is 0.179. The Kier molecular flexibility index (Phi) is 4.20. The van der Waals surface area contributed by atoms with Gasteiger partial charge in [0.1, 0.15) is 5.75 Å². The number of aliphatic carboxylic acids is 1. The molecule has 0 spiro atoms. The number of halogens is 3. The number of rotatable bonds is 3. The molecule has 1 N–H and O–H groups in total. The molecule has 0 saturated heterocycles. The van der Waals surface area contributed by atoms with Crippen LogP contribution in [0.5, 0.6) is 5.75 Å². The lowest BCUT2D eigenvalue weighted by Gasteiger charge is -2.27. The van der Waals surface area contributed by atoms with E-state index in [0.717, 1.165) is 12.1 Å². The van der Waals surface area contributed by atoms with Crippen LogP contribution in [0.3, 0.4) is 0 Å². The van der Waals surface area contributed by atoms with Gasteiger partial charge in [-0.05, 0) is 43.9 Å². The molecule has 0 unspecified atom stereocenters. The number of hydrogen-bond acceptors (Lipinski definition) is 2. The van der Waals surface area contributed by atoms with Gasteiger partial charge in [-0.25, -0.2) is 0 Å². The number of benzene rings is 1. The van der Waals surface area contributed by atoms with E-state index in [9.17, 15) is 18.0 Å². The van der Waals surface area contributed by atoms with Crippen LogP contribution in [-0.4, -0.2) is 17.2 Å². The average Bonchev–Trinajstić information content (AvgIpc) is 2.38. The first-order valence-corrected chi connectivity index (χ1v) is 6.43. The summed E-state index contributed by atoms with van der Waals surface area (Å²) < 4.78 is 43.2. The fourth-order valence-corrected chi connectivity index (χ4v) is 2.37. The highest BCUT2D eigenvalue weighted by molar-refractivity contribution is 5.70. The van der Waals surface area contributed by atoms with Gasteiger partial charge in [-0.2, -0.15) is 13.2 Å². The second kappa shape index (κ2) is 5.73. The largest absolute Gasteiger partial charge is 0.490 e. The summed E-state index contributed by atoms with van der Waals surface area (Å²) in [5.74, 6) is -1.00. The van der Waals surface area contributed by atoms with Crippen molar-refractivity contribution in [1.82, 2.24) is 0 Å². The first-order valence-electron chi connectivity index (χ1n) is 6.43. The lowest BCUT2D eigenvalue weighted by atomic mass is 9.87. The Hall–Kier alpha value is -1.72. The van der Waals surface area contributed by atoms with Crippen molar-refractivity contribution in [3.8, 4) is 5.75 Å². The summed E-state index contributed by atoms with van der Waals surface area (Å²) in [6.45, 7) is 0. The molecule has 1 saturated carbocycles. The normalized spacial score (nSPS) is 23.4. The van der Waals surface area contributed by atoms with E-state index in [1.807, 2.05) is 0 Å². The average molecular weight is 288 g/mol. The third-order valence-electron chi connectivity index (χ3n) is 3.49. The molecule has 110 valence electrons. The van der Waals surface area contributed by atoms with Gasteiger partial charge < -0.3 is 9.84 Å².